The summed E-state index contributed by atoms with van der Waals surface area (Å²) < 4.78 is 0. The first kappa shape index (κ1) is 10.1. The molecule has 1 rings (SSSR count). The third kappa shape index (κ3) is 2.46. The van der Waals surface area contributed by atoms with Crippen molar-refractivity contribution in [3.63, 3.8) is 0 Å². The van der Waals surface area contributed by atoms with Crippen LogP contribution in [0.2, 0.25) is 0 Å². The zero-order chi connectivity index (χ0) is 9.68. The van der Waals surface area contributed by atoms with Gasteiger partial charge < -0.3 is 10.8 Å². The van der Waals surface area contributed by atoms with Crippen LogP contribution in [0.1, 0.15) is 30.9 Å². The smallest absolute Gasteiger partial charge is 0.120 e. The Morgan fingerprint density at radius 3 is 2.77 bits per heavy atom. The number of phenolic OH excluding ortho intramolecular Hbond substituents is 1. The van der Waals surface area contributed by atoms with Gasteiger partial charge in [0.2, 0.25) is 0 Å². The van der Waals surface area contributed by atoms with Crippen molar-refractivity contribution < 1.29 is 5.11 Å². The number of aryl methyl sites for hydroxylation is 1. The highest BCUT2D eigenvalue weighted by molar-refractivity contribution is 5.39. The standard InChI is InChI=1S/C11H17NO/c1-2-3-5-9-6-4-7-11(13)10(9)8-12/h4,6-7,13H,2-3,5,8,12H2,1H3. The third-order valence-electron chi connectivity index (χ3n) is 2.25. The van der Waals surface area contributed by atoms with Crippen LogP contribution in [-0.2, 0) is 13.0 Å². The van der Waals surface area contributed by atoms with Crippen molar-refractivity contribution in [1.29, 1.82) is 0 Å². The van der Waals surface area contributed by atoms with Crippen LogP contribution in [0, 0.1) is 0 Å². The molecule has 0 spiro atoms. The first-order valence-corrected chi connectivity index (χ1v) is 4.79. The summed E-state index contributed by atoms with van der Waals surface area (Å²) in [5.74, 6) is 0.330. The SMILES string of the molecule is CCCCc1cccc(O)c1CN. The third-order valence-corrected chi connectivity index (χ3v) is 2.25. The van der Waals surface area contributed by atoms with Crippen molar-refractivity contribution in [2.75, 3.05) is 0 Å². The number of aromatic hydroxyl groups is 1. The molecule has 0 radical (unpaired) electrons. The number of nitrogens with two attached hydrogens (primary N) is 1. The van der Waals surface area contributed by atoms with Gasteiger partial charge in [-0.25, -0.2) is 0 Å². The lowest BCUT2D eigenvalue weighted by Crippen LogP contribution is -2.01. The molecule has 1 aromatic carbocycles. The molecule has 0 saturated heterocycles. The largest absolute Gasteiger partial charge is 0.508 e. The molecular weight excluding hydrogens is 162 g/mol. The van der Waals surface area contributed by atoms with Gasteiger partial charge in [0.05, 0.1) is 0 Å². The summed E-state index contributed by atoms with van der Waals surface area (Å²) in [7, 11) is 0. The van der Waals surface area contributed by atoms with Gasteiger partial charge in [-0.05, 0) is 24.5 Å². The Morgan fingerprint density at radius 1 is 1.38 bits per heavy atom. The number of rotatable bonds is 4. The lowest BCUT2D eigenvalue weighted by Gasteiger charge is -2.08. The molecule has 0 atom stereocenters. The zero-order valence-corrected chi connectivity index (χ0v) is 8.09. The van der Waals surface area contributed by atoms with Gasteiger partial charge in [-0.1, -0.05) is 25.5 Å². The Hall–Kier alpha value is -1.02. The number of unbranched alkanes of at least 4 members (excludes halogenated alkanes) is 1. The molecule has 0 heterocycles. The number of benzene rings is 1. The molecule has 72 valence electrons. The molecule has 3 N–H and O–H groups in total. The fraction of sp³-hybridized carbons (Fsp3) is 0.455. The van der Waals surface area contributed by atoms with Crippen LogP contribution in [0.5, 0.6) is 5.75 Å². The van der Waals surface area contributed by atoms with Crippen molar-refractivity contribution in [3.8, 4) is 5.75 Å². The van der Waals surface area contributed by atoms with Gasteiger partial charge in [0.25, 0.3) is 0 Å². The Morgan fingerprint density at radius 2 is 2.15 bits per heavy atom. The fourth-order valence-electron chi connectivity index (χ4n) is 1.46. The van der Waals surface area contributed by atoms with E-state index in [1.807, 2.05) is 12.1 Å². The lowest BCUT2D eigenvalue weighted by molar-refractivity contribution is 0.467. The average Bonchev–Trinajstić information content (AvgIpc) is 2.15. The monoisotopic (exact) mass is 179 g/mol. The fourth-order valence-corrected chi connectivity index (χ4v) is 1.46. The Labute approximate surface area is 79.4 Å². The van der Waals surface area contributed by atoms with E-state index in [-0.39, 0.29) is 0 Å². The summed E-state index contributed by atoms with van der Waals surface area (Å²) in [4.78, 5) is 0. The van der Waals surface area contributed by atoms with Crippen LogP contribution in [0.25, 0.3) is 0 Å². The van der Waals surface area contributed by atoms with Gasteiger partial charge >= 0.3 is 0 Å². The molecule has 0 bridgehead atoms. The van der Waals surface area contributed by atoms with Crippen LogP contribution in [-0.4, -0.2) is 5.11 Å². The minimum absolute atomic E-state index is 0.330. The summed E-state index contributed by atoms with van der Waals surface area (Å²) >= 11 is 0. The summed E-state index contributed by atoms with van der Waals surface area (Å²) in [5.41, 5.74) is 7.65. The van der Waals surface area contributed by atoms with Gasteiger partial charge in [0.1, 0.15) is 5.75 Å². The second-order valence-corrected chi connectivity index (χ2v) is 3.22. The predicted molar refractivity (Wildman–Crippen MR) is 54.6 cm³/mol. The van der Waals surface area contributed by atoms with E-state index in [0.717, 1.165) is 18.4 Å². The van der Waals surface area contributed by atoms with E-state index in [9.17, 15) is 5.11 Å². The molecular formula is C11H17NO. The number of phenols is 1. The second kappa shape index (κ2) is 4.87. The van der Waals surface area contributed by atoms with Crippen molar-refractivity contribution in [3.05, 3.63) is 29.3 Å². The molecule has 0 aliphatic heterocycles. The molecule has 0 saturated carbocycles. The maximum atomic E-state index is 9.51. The summed E-state index contributed by atoms with van der Waals surface area (Å²) in [5, 5.41) is 9.51. The highest BCUT2D eigenvalue weighted by atomic mass is 16.3. The Balaban J connectivity index is 2.85. The first-order valence-electron chi connectivity index (χ1n) is 4.79. The molecule has 13 heavy (non-hydrogen) atoms. The van der Waals surface area contributed by atoms with E-state index >= 15 is 0 Å². The zero-order valence-electron chi connectivity index (χ0n) is 8.09. The molecule has 0 fully saturated rings. The molecule has 0 unspecified atom stereocenters. The van der Waals surface area contributed by atoms with E-state index < -0.39 is 0 Å². The highest BCUT2D eigenvalue weighted by Crippen LogP contribution is 2.21. The Bertz CT molecular complexity index is 271. The predicted octanol–water partition coefficient (Wildman–Crippen LogP) is 2.19. The minimum Gasteiger partial charge on any atom is -0.508 e. The van der Waals surface area contributed by atoms with E-state index in [2.05, 4.69) is 6.92 Å². The lowest BCUT2D eigenvalue weighted by atomic mass is 10.0. The van der Waals surface area contributed by atoms with Crippen LogP contribution >= 0.6 is 0 Å². The maximum absolute atomic E-state index is 9.51. The van der Waals surface area contributed by atoms with Crippen molar-refractivity contribution >= 4 is 0 Å². The van der Waals surface area contributed by atoms with E-state index in [1.54, 1.807) is 6.07 Å². The van der Waals surface area contributed by atoms with Crippen LogP contribution in [0.3, 0.4) is 0 Å². The van der Waals surface area contributed by atoms with Gasteiger partial charge in [-0.3, -0.25) is 0 Å². The van der Waals surface area contributed by atoms with Crippen LogP contribution < -0.4 is 5.73 Å². The van der Waals surface area contributed by atoms with Gasteiger partial charge in [-0.2, -0.15) is 0 Å². The van der Waals surface area contributed by atoms with E-state index in [1.165, 1.54) is 12.0 Å². The molecule has 0 aromatic heterocycles. The second-order valence-electron chi connectivity index (χ2n) is 3.22. The molecule has 0 amide bonds. The normalized spacial score (nSPS) is 10.3. The first-order chi connectivity index (χ1) is 6.29. The van der Waals surface area contributed by atoms with Crippen LogP contribution in [0.4, 0.5) is 0 Å². The molecule has 2 nitrogen and oxygen atoms in total. The quantitative estimate of drug-likeness (QED) is 0.744. The van der Waals surface area contributed by atoms with E-state index in [0.29, 0.717) is 12.3 Å². The maximum Gasteiger partial charge on any atom is 0.120 e. The van der Waals surface area contributed by atoms with Gasteiger partial charge in [0, 0.05) is 12.1 Å². The average molecular weight is 179 g/mol. The summed E-state index contributed by atoms with van der Waals surface area (Å²) in [6, 6.07) is 5.61. The van der Waals surface area contributed by atoms with Crippen molar-refractivity contribution in [1.82, 2.24) is 0 Å². The highest BCUT2D eigenvalue weighted by Gasteiger charge is 2.04. The minimum atomic E-state index is 0.330. The topological polar surface area (TPSA) is 46.2 Å². The molecule has 0 aliphatic carbocycles. The Kier molecular flexibility index (Phi) is 3.77. The van der Waals surface area contributed by atoms with Crippen molar-refractivity contribution in [2.24, 2.45) is 5.73 Å². The van der Waals surface area contributed by atoms with Gasteiger partial charge in [0.15, 0.2) is 0 Å². The number of hydrogen-bond acceptors (Lipinski definition) is 2. The summed E-state index contributed by atoms with van der Waals surface area (Å²) in [6.45, 7) is 2.58. The molecule has 0 aliphatic rings. The molecule has 2 heteroatoms. The molecule has 1 aromatic rings. The summed E-state index contributed by atoms with van der Waals surface area (Å²) in [6.07, 6.45) is 3.33. The van der Waals surface area contributed by atoms with Crippen molar-refractivity contribution in [2.45, 2.75) is 32.7 Å². The number of hydrogen-bond donors (Lipinski definition) is 2. The van der Waals surface area contributed by atoms with Crippen LogP contribution in [0.15, 0.2) is 18.2 Å². The van der Waals surface area contributed by atoms with Gasteiger partial charge in [-0.15, -0.1) is 0 Å². The van der Waals surface area contributed by atoms with E-state index in [4.69, 9.17) is 5.73 Å².